The Labute approximate surface area is 89.9 Å². The molecule has 0 aliphatic carbocycles. The van der Waals surface area contributed by atoms with Gasteiger partial charge in [0.25, 0.3) is 11.9 Å². The third-order valence-corrected chi connectivity index (χ3v) is 6.45. The summed E-state index contributed by atoms with van der Waals surface area (Å²) in [5.41, 5.74) is 0. The first-order chi connectivity index (χ1) is 6.79. The van der Waals surface area contributed by atoms with Crippen molar-refractivity contribution in [1.29, 1.82) is 0 Å². The predicted molar refractivity (Wildman–Crippen MR) is 54.3 cm³/mol. The number of carbonyl (C=O) groups excluding carboxylic acids is 2. The van der Waals surface area contributed by atoms with Gasteiger partial charge >= 0.3 is 8.56 Å². The molecule has 0 radical (unpaired) electrons. The van der Waals surface area contributed by atoms with Crippen LogP contribution in [0, 0.1) is 0 Å². The van der Waals surface area contributed by atoms with E-state index in [2.05, 4.69) is 0 Å². The van der Waals surface area contributed by atoms with Crippen molar-refractivity contribution >= 4 is 20.5 Å². The Kier molecular flexibility index (Phi) is 3.20. The first-order valence-electron chi connectivity index (χ1n) is 4.76. The predicted octanol–water partition coefficient (Wildman–Crippen LogP) is 0.975. The van der Waals surface area contributed by atoms with E-state index in [-0.39, 0.29) is 5.04 Å². The summed E-state index contributed by atoms with van der Waals surface area (Å²) < 4.78 is 15.6. The van der Waals surface area contributed by atoms with E-state index in [1.165, 1.54) is 13.8 Å². The molecule has 0 aromatic carbocycles. The maximum atomic E-state index is 11.0. The van der Waals surface area contributed by atoms with E-state index in [0.717, 1.165) is 0 Å². The summed E-state index contributed by atoms with van der Waals surface area (Å²) in [6, 6.07) is 0. The van der Waals surface area contributed by atoms with Gasteiger partial charge in [0.15, 0.2) is 0 Å². The van der Waals surface area contributed by atoms with Crippen molar-refractivity contribution in [1.82, 2.24) is 0 Å². The first kappa shape index (κ1) is 12.2. The Bertz CT molecular complexity index is 268. The number of hydrogen-bond acceptors (Lipinski definition) is 5. The Balaban J connectivity index is 2.84. The summed E-state index contributed by atoms with van der Waals surface area (Å²) in [5, 5.41) is -0.329. The van der Waals surface area contributed by atoms with Crippen LogP contribution >= 0.6 is 0 Å². The zero-order valence-electron chi connectivity index (χ0n) is 9.46. The van der Waals surface area contributed by atoms with Gasteiger partial charge in [-0.25, -0.2) is 0 Å². The molecule has 1 aliphatic rings. The molecule has 86 valence electrons. The Morgan fingerprint density at radius 3 is 1.80 bits per heavy atom. The van der Waals surface area contributed by atoms with Crippen LogP contribution in [0.4, 0.5) is 0 Å². The van der Waals surface area contributed by atoms with E-state index in [1.807, 2.05) is 6.92 Å². The van der Waals surface area contributed by atoms with Gasteiger partial charge in [0.2, 0.25) is 0 Å². The van der Waals surface area contributed by atoms with Crippen LogP contribution in [0.3, 0.4) is 0 Å². The highest BCUT2D eigenvalue weighted by Gasteiger charge is 2.60. The average Bonchev–Trinajstić information content (AvgIpc) is 1.96. The molecule has 1 heterocycles. The molecule has 0 saturated carbocycles. The lowest BCUT2D eigenvalue weighted by Gasteiger charge is -2.46. The molecule has 0 aromatic heterocycles. The molecule has 6 heteroatoms. The van der Waals surface area contributed by atoms with Gasteiger partial charge in [0.1, 0.15) is 0 Å². The van der Waals surface area contributed by atoms with Gasteiger partial charge in [0.05, 0.1) is 18.3 Å². The summed E-state index contributed by atoms with van der Waals surface area (Å²) >= 11 is 0. The van der Waals surface area contributed by atoms with E-state index >= 15 is 0 Å². The normalized spacial score (nSPS) is 18.9. The van der Waals surface area contributed by atoms with Crippen molar-refractivity contribution in [3.8, 4) is 0 Å². The minimum Gasteiger partial charge on any atom is -0.485 e. The van der Waals surface area contributed by atoms with Crippen LogP contribution in [-0.4, -0.2) is 33.7 Å². The van der Waals surface area contributed by atoms with Gasteiger partial charge in [-0.2, -0.15) is 0 Å². The molecule has 1 aliphatic heterocycles. The number of carbonyl (C=O) groups is 2. The van der Waals surface area contributed by atoms with Crippen molar-refractivity contribution in [3.63, 3.8) is 0 Å². The minimum absolute atomic E-state index is 0.329. The van der Waals surface area contributed by atoms with Crippen LogP contribution in [-0.2, 0) is 23.2 Å². The van der Waals surface area contributed by atoms with Crippen molar-refractivity contribution in [3.05, 3.63) is 0 Å². The van der Waals surface area contributed by atoms with E-state index < -0.39 is 20.5 Å². The zero-order chi connectivity index (χ0) is 11.7. The molecule has 15 heavy (non-hydrogen) atoms. The van der Waals surface area contributed by atoms with Crippen LogP contribution in [0.5, 0.6) is 0 Å². The lowest BCUT2D eigenvalue weighted by atomic mass is 10.1. The topological polar surface area (TPSA) is 61.8 Å². The average molecular weight is 232 g/mol. The van der Waals surface area contributed by atoms with Crippen LogP contribution in [0.1, 0.15) is 20.8 Å². The van der Waals surface area contributed by atoms with Crippen LogP contribution < -0.4 is 0 Å². The Morgan fingerprint density at radius 1 is 1.20 bits per heavy atom. The number of ether oxygens (including phenoxy) is 1. The second-order valence-corrected chi connectivity index (χ2v) is 7.69. The molecule has 0 spiro atoms. The quantitative estimate of drug-likeness (QED) is 0.679. The van der Waals surface area contributed by atoms with Gasteiger partial charge < -0.3 is 13.6 Å². The minimum atomic E-state index is -2.84. The third kappa shape index (κ3) is 2.38. The summed E-state index contributed by atoms with van der Waals surface area (Å²) in [4.78, 5) is 22.0. The summed E-state index contributed by atoms with van der Waals surface area (Å²) in [7, 11) is -2.84. The lowest BCUT2D eigenvalue weighted by molar-refractivity contribution is -0.142. The molecule has 1 rings (SSSR count). The molecule has 5 nitrogen and oxygen atoms in total. The third-order valence-electron chi connectivity index (χ3n) is 2.61. The molecule has 0 N–H and O–H groups in total. The second-order valence-electron chi connectivity index (χ2n) is 4.19. The maximum Gasteiger partial charge on any atom is 0.471 e. The van der Waals surface area contributed by atoms with Crippen molar-refractivity contribution in [2.75, 3.05) is 13.2 Å². The van der Waals surface area contributed by atoms with Crippen molar-refractivity contribution < 1.29 is 23.2 Å². The highest BCUT2D eigenvalue weighted by atomic mass is 28.4. The molecule has 1 fully saturated rings. The fourth-order valence-corrected chi connectivity index (χ4v) is 3.85. The Morgan fingerprint density at radius 2 is 1.60 bits per heavy atom. The second kappa shape index (κ2) is 3.94. The van der Waals surface area contributed by atoms with Gasteiger partial charge in [0, 0.05) is 20.4 Å². The highest BCUT2D eigenvalue weighted by Crippen LogP contribution is 2.45. The molecule has 0 atom stereocenters. The molecular weight excluding hydrogens is 216 g/mol. The van der Waals surface area contributed by atoms with E-state index in [4.69, 9.17) is 13.6 Å². The smallest absolute Gasteiger partial charge is 0.471 e. The van der Waals surface area contributed by atoms with E-state index in [1.54, 1.807) is 6.55 Å². The van der Waals surface area contributed by atoms with Gasteiger partial charge in [-0.1, -0.05) is 6.92 Å². The van der Waals surface area contributed by atoms with Crippen LogP contribution in [0.2, 0.25) is 11.6 Å². The van der Waals surface area contributed by atoms with E-state index in [9.17, 15) is 9.59 Å². The molecule has 0 unspecified atom stereocenters. The van der Waals surface area contributed by atoms with Crippen molar-refractivity contribution in [2.24, 2.45) is 0 Å². The van der Waals surface area contributed by atoms with Gasteiger partial charge in [-0.3, -0.25) is 9.59 Å². The SMILES string of the molecule is CC(=O)O[Si](C)(OC(C)=O)C1(C)COC1. The van der Waals surface area contributed by atoms with Gasteiger partial charge in [-0.15, -0.1) is 0 Å². The zero-order valence-corrected chi connectivity index (χ0v) is 10.5. The highest BCUT2D eigenvalue weighted by molar-refractivity contribution is 6.72. The maximum absolute atomic E-state index is 11.0. The largest absolute Gasteiger partial charge is 0.485 e. The first-order valence-corrected chi connectivity index (χ1v) is 7.08. The van der Waals surface area contributed by atoms with Crippen LogP contribution in [0.15, 0.2) is 0 Å². The fourth-order valence-electron chi connectivity index (χ4n) is 1.49. The molecule has 0 bridgehead atoms. The molecule has 0 amide bonds. The number of rotatable bonds is 3. The summed E-state index contributed by atoms with van der Waals surface area (Å²) in [6.45, 7) is 7.20. The van der Waals surface area contributed by atoms with Crippen molar-refractivity contribution in [2.45, 2.75) is 32.4 Å². The lowest BCUT2D eigenvalue weighted by Crippen LogP contribution is -2.59. The Hall–Kier alpha value is -0.883. The molecule has 0 aromatic rings. The number of hydrogen-bond donors (Lipinski definition) is 0. The standard InChI is InChI=1S/C9H16O5Si/c1-7(10)13-15(4,14-8(2)11)9(3)5-12-6-9/h5-6H2,1-4H3. The molecular formula is C9H16O5Si. The van der Waals surface area contributed by atoms with E-state index in [0.29, 0.717) is 13.2 Å². The monoisotopic (exact) mass is 232 g/mol. The molecule has 1 saturated heterocycles. The van der Waals surface area contributed by atoms with Gasteiger partial charge in [-0.05, 0) is 0 Å². The van der Waals surface area contributed by atoms with Crippen LogP contribution in [0.25, 0.3) is 0 Å². The summed E-state index contributed by atoms with van der Waals surface area (Å²) in [5.74, 6) is -0.836. The fraction of sp³-hybridized carbons (Fsp3) is 0.778. The summed E-state index contributed by atoms with van der Waals surface area (Å²) in [6.07, 6.45) is 0.